The molecule has 2 atom stereocenters. The smallest absolute Gasteiger partial charge is 0.119 e. The van der Waals surface area contributed by atoms with Crippen LogP contribution in [-0.4, -0.2) is 51.4 Å². The predicted octanol–water partition coefficient (Wildman–Crippen LogP) is 2.46. The number of nitrogens with one attached hydrogen (secondary N) is 1. The zero-order chi connectivity index (χ0) is 15.1. The molecule has 0 radical (unpaired) electrons. The van der Waals surface area contributed by atoms with Crippen LogP contribution in [0.25, 0.3) is 0 Å². The molecule has 1 N–H and O–H groups in total. The van der Waals surface area contributed by atoms with Gasteiger partial charge in [-0.15, -0.1) is 0 Å². The maximum Gasteiger partial charge on any atom is 0.119 e. The van der Waals surface area contributed by atoms with Crippen LogP contribution in [0.3, 0.4) is 0 Å². The van der Waals surface area contributed by atoms with Gasteiger partial charge >= 0.3 is 0 Å². The summed E-state index contributed by atoms with van der Waals surface area (Å²) in [5.74, 6) is 0.952. The van der Waals surface area contributed by atoms with Crippen molar-refractivity contribution in [1.82, 2.24) is 10.2 Å². The minimum Gasteiger partial charge on any atom is -0.494 e. The molecule has 0 aromatic heterocycles. The molecule has 1 aromatic carbocycles. The maximum absolute atomic E-state index is 5.64. The van der Waals surface area contributed by atoms with Gasteiger partial charge in [0.05, 0.1) is 13.2 Å². The van der Waals surface area contributed by atoms with Crippen molar-refractivity contribution in [2.45, 2.75) is 31.8 Å². The van der Waals surface area contributed by atoms with Crippen molar-refractivity contribution in [2.24, 2.45) is 0 Å². The number of nitrogens with zero attached hydrogens (tertiary/aromatic N) is 1. The van der Waals surface area contributed by atoms with Gasteiger partial charge in [0.15, 0.2) is 0 Å². The number of benzene rings is 1. The first kappa shape index (κ1) is 16.3. The van der Waals surface area contributed by atoms with Gasteiger partial charge in [-0.25, -0.2) is 0 Å². The van der Waals surface area contributed by atoms with E-state index in [2.05, 4.69) is 48.5 Å². The fourth-order valence-corrected chi connectivity index (χ4v) is 2.69. The van der Waals surface area contributed by atoms with Crippen LogP contribution in [0.4, 0.5) is 0 Å². The fraction of sp³-hybridized carbons (Fsp3) is 0.647. The summed E-state index contributed by atoms with van der Waals surface area (Å²) in [5, 5.41) is 3.41. The Morgan fingerprint density at radius 2 is 2.14 bits per heavy atom. The summed E-state index contributed by atoms with van der Waals surface area (Å²) in [6.07, 6.45) is 2.17. The zero-order valence-corrected chi connectivity index (χ0v) is 13.5. The SMILES string of the molecule is CCCOc1ccc(C(CN(C)C2CCOC2)NC)cc1. The molecule has 4 nitrogen and oxygen atoms in total. The molecule has 21 heavy (non-hydrogen) atoms. The van der Waals surface area contributed by atoms with E-state index < -0.39 is 0 Å². The van der Waals surface area contributed by atoms with E-state index in [0.717, 1.165) is 45.0 Å². The van der Waals surface area contributed by atoms with Crippen LogP contribution in [0.1, 0.15) is 31.4 Å². The third kappa shape index (κ3) is 4.70. The molecular formula is C17H28N2O2. The summed E-state index contributed by atoms with van der Waals surface area (Å²) in [4.78, 5) is 2.40. The first-order valence-corrected chi connectivity index (χ1v) is 7.92. The monoisotopic (exact) mass is 292 g/mol. The summed E-state index contributed by atoms with van der Waals surface area (Å²) in [5.41, 5.74) is 1.30. The summed E-state index contributed by atoms with van der Waals surface area (Å²) in [6, 6.07) is 9.32. The number of ether oxygens (including phenoxy) is 2. The van der Waals surface area contributed by atoms with Crippen LogP contribution in [0.2, 0.25) is 0 Å². The molecule has 0 saturated carbocycles. The van der Waals surface area contributed by atoms with Crippen LogP contribution in [-0.2, 0) is 4.74 Å². The van der Waals surface area contributed by atoms with Crippen molar-refractivity contribution in [1.29, 1.82) is 0 Å². The lowest BCUT2D eigenvalue weighted by Gasteiger charge is -2.28. The Labute approximate surface area is 128 Å². The number of hydrogen-bond acceptors (Lipinski definition) is 4. The molecule has 0 aliphatic carbocycles. The van der Waals surface area contributed by atoms with E-state index in [-0.39, 0.29) is 0 Å². The van der Waals surface area contributed by atoms with Crippen molar-refractivity contribution in [3.05, 3.63) is 29.8 Å². The second kappa shape index (κ2) is 8.37. The van der Waals surface area contributed by atoms with E-state index in [1.807, 2.05) is 7.05 Å². The molecule has 1 aliphatic heterocycles. The lowest BCUT2D eigenvalue weighted by atomic mass is 10.1. The molecule has 1 aliphatic rings. The lowest BCUT2D eigenvalue weighted by Crippen LogP contribution is -2.38. The highest BCUT2D eigenvalue weighted by Gasteiger charge is 2.22. The van der Waals surface area contributed by atoms with E-state index >= 15 is 0 Å². The molecule has 4 heteroatoms. The molecule has 0 amide bonds. The van der Waals surface area contributed by atoms with Gasteiger partial charge < -0.3 is 14.8 Å². The Kier molecular flexibility index (Phi) is 6.49. The van der Waals surface area contributed by atoms with Crippen molar-refractivity contribution in [2.75, 3.05) is 40.5 Å². The van der Waals surface area contributed by atoms with Crippen molar-refractivity contribution >= 4 is 0 Å². The first-order chi connectivity index (χ1) is 10.2. The topological polar surface area (TPSA) is 33.7 Å². The highest BCUT2D eigenvalue weighted by molar-refractivity contribution is 5.29. The second-order valence-electron chi connectivity index (χ2n) is 5.72. The number of likely N-dealkylation sites (N-methyl/N-ethyl adjacent to an activating group) is 2. The highest BCUT2D eigenvalue weighted by atomic mass is 16.5. The van der Waals surface area contributed by atoms with Crippen LogP contribution in [0.5, 0.6) is 5.75 Å². The summed E-state index contributed by atoms with van der Waals surface area (Å²) >= 11 is 0. The summed E-state index contributed by atoms with van der Waals surface area (Å²) in [7, 11) is 4.20. The Morgan fingerprint density at radius 1 is 1.38 bits per heavy atom. The minimum absolute atomic E-state index is 0.329. The van der Waals surface area contributed by atoms with Crippen molar-refractivity contribution < 1.29 is 9.47 Å². The molecule has 0 spiro atoms. The second-order valence-corrected chi connectivity index (χ2v) is 5.72. The van der Waals surface area contributed by atoms with Gasteiger partial charge in [0, 0.05) is 25.2 Å². The molecule has 1 saturated heterocycles. The van der Waals surface area contributed by atoms with E-state index in [1.54, 1.807) is 0 Å². The standard InChI is InChI=1S/C17H28N2O2/c1-4-10-21-16-7-5-14(6-8-16)17(18-2)12-19(3)15-9-11-20-13-15/h5-8,15,17-18H,4,9-13H2,1-3H3. The fourth-order valence-electron chi connectivity index (χ4n) is 2.69. The Bertz CT molecular complexity index is 402. The van der Waals surface area contributed by atoms with Gasteiger partial charge in [0.1, 0.15) is 5.75 Å². The van der Waals surface area contributed by atoms with E-state index in [9.17, 15) is 0 Å². The van der Waals surface area contributed by atoms with Gasteiger partial charge in [-0.1, -0.05) is 19.1 Å². The van der Waals surface area contributed by atoms with Crippen molar-refractivity contribution in [3.63, 3.8) is 0 Å². The normalized spacial score (nSPS) is 19.9. The molecule has 2 unspecified atom stereocenters. The van der Waals surface area contributed by atoms with Gasteiger partial charge in [-0.3, -0.25) is 4.90 Å². The van der Waals surface area contributed by atoms with Gasteiger partial charge in [0.25, 0.3) is 0 Å². The maximum atomic E-state index is 5.64. The third-order valence-electron chi connectivity index (χ3n) is 4.10. The summed E-state index contributed by atoms with van der Waals surface area (Å²) in [6.45, 7) is 5.63. The van der Waals surface area contributed by atoms with Gasteiger partial charge in [0.2, 0.25) is 0 Å². The van der Waals surface area contributed by atoms with Gasteiger partial charge in [-0.05, 0) is 44.6 Å². The average molecular weight is 292 g/mol. The van der Waals surface area contributed by atoms with Crippen LogP contribution in [0.15, 0.2) is 24.3 Å². The predicted molar refractivity (Wildman–Crippen MR) is 85.9 cm³/mol. The molecular weight excluding hydrogens is 264 g/mol. The number of hydrogen-bond donors (Lipinski definition) is 1. The average Bonchev–Trinajstić information content (AvgIpc) is 3.05. The van der Waals surface area contributed by atoms with Crippen molar-refractivity contribution in [3.8, 4) is 5.75 Å². The van der Waals surface area contributed by atoms with Crippen LogP contribution in [0, 0.1) is 0 Å². The summed E-state index contributed by atoms with van der Waals surface area (Å²) < 4.78 is 11.1. The molecule has 1 fully saturated rings. The van der Waals surface area contributed by atoms with E-state index in [0.29, 0.717) is 12.1 Å². The Morgan fingerprint density at radius 3 is 2.71 bits per heavy atom. The lowest BCUT2D eigenvalue weighted by molar-refractivity contribution is 0.153. The third-order valence-corrected chi connectivity index (χ3v) is 4.10. The van der Waals surface area contributed by atoms with Gasteiger partial charge in [-0.2, -0.15) is 0 Å². The molecule has 0 bridgehead atoms. The molecule has 2 rings (SSSR count). The number of rotatable bonds is 8. The molecule has 1 heterocycles. The highest BCUT2D eigenvalue weighted by Crippen LogP contribution is 2.20. The van der Waals surface area contributed by atoms with Crippen LogP contribution < -0.4 is 10.1 Å². The minimum atomic E-state index is 0.329. The first-order valence-electron chi connectivity index (χ1n) is 7.92. The largest absolute Gasteiger partial charge is 0.494 e. The van der Waals surface area contributed by atoms with E-state index in [1.165, 1.54) is 5.56 Å². The van der Waals surface area contributed by atoms with E-state index in [4.69, 9.17) is 9.47 Å². The zero-order valence-electron chi connectivity index (χ0n) is 13.5. The van der Waals surface area contributed by atoms with Crippen LogP contribution >= 0.6 is 0 Å². The Hall–Kier alpha value is -1.10. The quantitative estimate of drug-likeness (QED) is 0.798. The Balaban J connectivity index is 1.93. The molecule has 118 valence electrons. The molecule has 1 aromatic rings.